The minimum atomic E-state index is -0.398. The van der Waals surface area contributed by atoms with Crippen LogP contribution in [0, 0.1) is 6.92 Å². The third kappa shape index (κ3) is 3.52. The topological polar surface area (TPSA) is 44.1 Å². The molecule has 0 saturated heterocycles. The second-order valence-corrected chi connectivity index (χ2v) is 6.46. The summed E-state index contributed by atoms with van der Waals surface area (Å²) < 4.78 is 7.92. The summed E-state index contributed by atoms with van der Waals surface area (Å²) in [4.78, 5) is 12.1. The summed E-state index contributed by atoms with van der Waals surface area (Å²) in [5, 5.41) is 4.88. The molecule has 0 spiro atoms. The molecule has 3 aromatic rings. The molecule has 1 heterocycles. The third-order valence-electron chi connectivity index (χ3n) is 3.55. The molecule has 0 radical (unpaired) electrons. The van der Waals surface area contributed by atoms with Crippen molar-refractivity contribution in [1.82, 2.24) is 9.78 Å². The van der Waals surface area contributed by atoms with E-state index in [1.807, 2.05) is 37.3 Å². The van der Waals surface area contributed by atoms with Crippen molar-refractivity contribution in [2.45, 2.75) is 13.5 Å². The lowest BCUT2D eigenvalue weighted by atomic mass is 10.2. The van der Waals surface area contributed by atoms with Crippen LogP contribution in [0.5, 0.6) is 0 Å². The van der Waals surface area contributed by atoms with Gasteiger partial charge >= 0.3 is 5.97 Å². The van der Waals surface area contributed by atoms with Gasteiger partial charge in [0.1, 0.15) is 11.8 Å². The highest BCUT2D eigenvalue weighted by Gasteiger charge is 2.17. The Morgan fingerprint density at radius 1 is 1.17 bits per heavy atom. The Bertz CT molecular complexity index is 861. The van der Waals surface area contributed by atoms with Gasteiger partial charge in [0, 0.05) is 10.0 Å². The first-order valence-electron chi connectivity index (χ1n) is 7.28. The fraction of sp³-hybridized carbons (Fsp3) is 0.111. The maximum atomic E-state index is 12.1. The van der Waals surface area contributed by atoms with Crippen molar-refractivity contribution in [3.8, 4) is 5.69 Å². The van der Waals surface area contributed by atoms with E-state index in [1.54, 1.807) is 28.9 Å². The number of ether oxygens (including phenoxy) is 1. The van der Waals surface area contributed by atoms with Crippen LogP contribution in [-0.2, 0) is 11.3 Å². The van der Waals surface area contributed by atoms with Crippen LogP contribution in [0.25, 0.3) is 5.69 Å². The number of nitrogens with zero attached hydrogens (tertiary/aromatic N) is 2. The van der Waals surface area contributed by atoms with E-state index in [-0.39, 0.29) is 6.61 Å². The van der Waals surface area contributed by atoms with Crippen LogP contribution in [0.2, 0.25) is 5.15 Å². The summed E-state index contributed by atoms with van der Waals surface area (Å²) >= 11 is 9.75. The molecule has 0 aliphatic heterocycles. The highest BCUT2D eigenvalue weighted by atomic mass is 79.9. The number of hydrogen-bond acceptors (Lipinski definition) is 3. The number of hydrogen-bond donors (Lipinski definition) is 0. The number of aromatic nitrogens is 2. The Morgan fingerprint density at radius 3 is 2.50 bits per heavy atom. The molecule has 24 heavy (non-hydrogen) atoms. The van der Waals surface area contributed by atoms with Crippen LogP contribution >= 0.6 is 27.5 Å². The van der Waals surface area contributed by atoms with E-state index < -0.39 is 5.97 Å². The van der Waals surface area contributed by atoms with E-state index in [4.69, 9.17) is 16.3 Å². The molecule has 0 unspecified atom stereocenters. The van der Waals surface area contributed by atoms with Gasteiger partial charge in [-0.1, -0.05) is 45.7 Å². The average Bonchev–Trinajstić information content (AvgIpc) is 2.88. The van der Waals surface area contributed by atoms with E-state index in [1.165, 1.54) is 0 Å². The van der Waals surface area contributed by atoms with Gasteiger partial charge in [-0.15, -0.1) is 0 Å². The van der Waals surface area contributed by atoms with Crippen molar-refractivity contribution in [3.05, 3.63) is 81.0 Å². The van der Waals surface area contributed by atoms with Gasteiger partial charge in [0.15, 0.2) is 0 Å². The van der Waals surface area contributed by atoms with Gasteiger partial charge in [0.05, 0.1) is 16.9 Å². The fourth-order valence-corrected chi connectivity index (χ4v) is 2.83. The maximum Gasteiger partial charge on any atom is 0.338 e. The Balaban J connectivity index is 1.77. The standard InChI is InChI=1S/C18H14BrClN2O2/c1-12-16(11-24-18(23)13-7-9-14(19)10-8-13)17(20)22(21-12)15-5-3-2-4-6-15/h2-10H,11H2,1H3. The molecule has 122 valence electrons. The first-order valence-corrected chi connectivity index (χ1v) is 8.45. The molecule has 2 aromatic carbocycles. The van der Waals surface area contributed by atoms with Gasteiger partial charge in [-0.3, -0.25) is 0 Å². The predicted octanol–water partition coefficient (Wildman–Crippen LogP) is 4.95. The molecule has 0 bridgehead atoms. The van der Waals surface area contributed by atoms with Crippen molar-refractivity contribution in [2.75, 3.05) is 0 Å². The van der Waals surface area contributed by atoms with Crippen LogP contribution in [0.15, 0.2) is 59.1 Å². The molecule has 0 fully saturated rings. The Hall–Kier alpha value is -2.11. The predicted molar refractivity (Wildman–Crippen MR) is 96.6 cm³/mol. The highest BCUT2D eigenvalue weighted by Crippen LogP contribution is 2.24. The summed E-state index contributed by atoms with van der Waals surface area (Å²) in [6.45, 7) is 1.92. The minimum Gasteiger partial charge on any atom is -0.457 e. The van der Waals surface area contributed by atoms with Crippen LogP contribution < -0.4 is 0 Å². The number of aryl methyl sites for hydroxylation is 1. The maximum absolute atomic E-state index is 12.1. The normalized spacial score (nSPS) is 10.6. The second kappa shape index (κ2) is 7.20. The number of benzene rings is 2. The van der Waals surface area contributed by atoms with E-state index in [2.05, 4.69) is 21.0 Å². The molecule has 4 nitrogen and oxygen atoms in total. The van der Waals surface area contributed by atoms with Crippen molar-refractivity contribution >= 4 is 33.5 Å². The molecule has 0 aliphatic rings. The second-order valence-electron chi connectivity index (χ2n) is 5.19. The summed E-state index contributed by atoms with van der Waals surface area (Å²) in [6.07, 6.45) is 0. The van der Waals surface area contributed by atoms with Crippen molar-refractivity contribution in [1.29, 1.82) is 0 Å². The Kier molecular flexibility index (Phi) is 5.02. The largest absolute Gasteiger partial charge is 0.457 e. The molecular formula is C18H14BrClN2O2. The molecule has 0 saturated carbocycles. The van der Waals surface area contributed by atoms with Gasteiger partial charge in [-0.25, -0.2) is 9.48 Å². The van der Waals surface area contributed by atoms with Crippen LogP contribution in [0.1, 0.15) is 21.6 Å². The van der Waals surface area contributed by atoms with Crippen molar-refractivity contribution in [3.63, 3.8) is 0 Å². The Morgan fingerprint density at radius 2 is 1.83 bits per heavy atom. The van der Waals surface area contributed by atoms with E-state index >= 15 is 0 Å². The zero-order chi connectivity index (χ0) is 17.1. The zero-order valence-corrected chi connectivity index (χ0v) is 15.2. The molecule has 0 amide bonds. The third-order valence-corrected chi connectivity index (χ3v) is 4.47. The van der Waals surface area contributed by atoms with Crippen LogP contribution in [0.4, 0.5) is 0 Å². The lowest BCUT2D eigenvalue weighted by Gasteiger charge is -2.06. The monoisotopic (exact) mass is 404 g/mol. The molecule has 0 aliphatic carbocycles. The van der Waals surface area contributed by atoms with Gasteiger partial charge in [-0.2, -0.15) is 5.10 Å². The number of carbonyl (C=O) groups excluding carboxylic acids is 1. The lowest BCUT2D eigenvalue weighted by molar-refractivity contribution is 0.0472. The number of para-hydroxylation sites is 1. The average molecular weight is 406 g/mol. The smallest absolute Gasteiger partial charge is 0.338 e. The molecule has 0 atom stereocenters. The highest BCUT2D eigenvalue weighted by molar-refractivity contribution is 9.10. The quantitative estimate of drug-likeness (QED) is 0.577. The minimum absolute atomic E-state index is 0.0758. The van der Waals surface area contributed by atoms with Crippen LogP contribution in [-0.4, -0.2) is 15.7 Å². The summed E-state index contributed by atoms with van der Waals surface area (Å²) in [5.74, 6) is -0.398. The summed E-state index contributed by atoms with van der Waals surface area (Å²) in [6, 6.07) is 16.6. The number of carbonyl (C=O) groups is 1. The lowest BCUT2D eigenvalue weighted by Crippen LogP contribution is -2.05. The fourth-order valence-electron chi connectivity index (χ4n) is 2.24. The van der Waals surface area contributed by atoms with E-state index in [9.17, 15) is 4.79 Å². The molecule has 6 heteroatoms. The van der Waals surface area contributed by atoms with Crippen molar-refractivity contribution in [2.24, 2.45) is 0 Å². The van der Waals surface area contributed by atoms with Crippen LogP contribution in [0.3, 0.4) is 0 Å². The van der Waals surface area contributed by atoms with Gasteiger partial charge < -0.3 is 4.74 Å². The molecule has 0 N–H and O–H groups in total. The van der Waals surface area contributed by atoms with Gasteiger partial charge in [0.25, 0.3) is 0 Å². The number of rotatable bonds is 4. The van der Waals surface area contributed by atoms with E-state index in [0.717, 1.165) is 15.9 Å². The SMILES string of the molecule is Cc1nn(-c2ccccc2)c(Cl)c1COC(=O)c1ccc(Br)cc1. The summed E-state index contributed by atoms with van der Waals surface area (Å²) in [7, 11) is 0. The number of halogens is 2. The van der Waals surface area contributed by atoms with Gasteiger partial charge in [0.2, 0.25) is 0 Å². The zero-order valence-electron chi connectivity index (χ0n) is 12.9. The Labute approximate surface area is 153 Å². The van der Waals surface area contributed by atoms with Gasteiger partial charge in [-0.05, 0) is 43.3 Å². The molecule has 1 aromatic heterocycles. The molecular weight excluding hydrogens is 392 g/mol. The first kappa shape index (κ1) is 16.7. The first-order chi connectivity index (χ1) is 11.6. The molecule has 3 rings (SSSR count). The van der Waals surface area contributed by atoms with Crippen molar-refractivity contribution < 1.29 is 9.53 Å². The summed E-state index contributed by atoms with van der Waals surface area (Å²) in [5.41, 5.74) is 2.77. The number of esters is 1. The van der Waals surface area contributed by atoms with E-state index in [0.29, 0.717) is 16.3 Å².